The fourth-order valence-electron chi connectivity index (χ4n) is 5.67. The molecule has 0 aliphatic carbocycles. The standard InChI is InChI=1S/C33H38Cl2N2O5/c1-21-23(20-42-31-16-29(38)24(15-27(31)34)17-36-28-11-6-14-40-33(28)39)8-3-9-25(21)26-10-4-12-30(32(26)35)41-19-22-7-5-13-37(2)18-22/h3-4,8-10,12,15-16,22,28,36,38H,5-7,11,13-14,17-20H2,1-2H3. The minimum Gasteiger partial charge on any atom is -0.507 e. The first-order chi connectivity index (χ1) is 20.3. The Hall–Kier alpha value is -2.97. The second kappa shape index (κ2) is 14.0. The Bertz CT molecular complexity index is 1420. The highest BCUT2D eigenvalue weighted by atomic mass is 35.5. The molecule has 0 bridgehead atoms. The van der Waals surface area contributed by atoms with Gasteiger partial charge in [-0.2, -0.15) is 0 Å². The van der Waals surface area contributed by atoms with Crippen LogP contribution < -0.4 is 14.8 Å². The topological polar surface area (TPSA) is 80.3 Å². The quantitative estimate of drug-likeness (QED) is 0.245. The Morgan fingerprint density at radius 1 is 1.02 bits per heavy atom. The highest BCUT2D eigenvalue weighted by Gasteiger charge is 2.24. The molecule has 2 fully saturated rings. The number of aromatic hydroxyl groups is 1. The SMILES string of the molecule is Cc1c(COc2cc(O)c(CNC3CCCOC3=O)cc2Cl)cccc1-c1cccc(OCC2CCCN(C)C2)c1Cl. The zero-order valence-corrected chi connectivity index (χ0v) is 25.6. The zero-order chi connectivity index (χ0) is 29.6. The van der Waals surface area contributed by atoms with Gasteiger partial charge in [0.25, 0.3) is 0 Å². The lowest BCUT2D eigenvalue weighted by Crippen LogP contribution is -2.40. The molecule has 2 N–H and O–H groups in total. The van der Waals surface area contributed by atoms with Crippen molar-refractivity contribution in [3.63, 3.8) is 0 Å². The van der Waals surface area contributed by atoms with Gasteiger partial charge >= 0.3 is 5.97 Å². The Balaban J connectivity index is 1.25. The first kappa shape index (κ1) is 30.5. The number of benzene rings is 3. The molecule has 224 valence electrons. The molecule has 0 amide bonds. The van der Waals surface area contributed by atoms with Crippen molar-refractivity contribution >= 4 is 29.2 Å². The lowest BCUT2D eigenvalue weighted by atomic mass is 9.96. The molecule has 0 radical (unpaired) electrons. The number of phenolic OH excluding ortho intramolecular Hbond substituents is 1. The lowest BCUT2D eigenvalue weighted by Gasteiger charge is -2.29. The number of likely N-dealkylation sites (tertiary alicyclic amines) is 1. The molecule has 5 rings (SSSR count). The van der Waals surface area contributed by atoms with Crippen LogP contribution in [0.4, 0.5) is 0 Å². The summed E-state index contributed by atoms with van der Waals surface area (Å²) in [6, 6.07) is 14.7. The number of hydrogen-bond acceptors (Lipinski definition) is 7. The summed E-state index contributed by atoms with van der Waals surface area (Å²) in [6.45, 7) is 5.87. The molecular formula is C33H38Cl2N2O5. The van der Waals surface area contributed by atoms with E-state index in [0.717, 1.165) is 41.8 Å². The average molecular weight is 614 g/mol. The number of esters is 1. The first-order valence-corrected chi connectivity index (χ1v) is 15.3. The van der Waals surface area contributed by atoms with E-state index in [-0.39, 0.29) is 30.9 Å². The maximum atomic E-state index is 11.9. The van der Waals surface area contributed by atoms with E-state index in [9.17, 15) is 9.90 Å². The maximum Gasteiger partial charge on any atom is 0.323 e. The Morgan fingerprint density at radius 2 is 1.83 bits per heavy atom. The van der Waals surface area contributed by atoms with Crippen LogP contribution in [0.3, 0.4) is 0 Å². The summed E-state index contributed by atoms with van der Waals surface area (Å²) in [6.07, 6.45) is 3.87. The molecule has 0 spiro atoms. The van der Waals surface area contributed by atoms with Crippen LogP contribution in [0.2, 0.25) is 10.0 Å². The number of cyclic esters (lactones) is 1. The number of piperidine rings is 1. The lowest BCUT2D eigenvalue weighted by molar-refractivity contribution is -0.149. The van der Waals surface area contributed by atoms with Crippen LogP contribution in [0.25, 0.3) is 11.1 Å². The third-order valence-corrected chi connectivity index (χ3v) is 8.80. The molecule has 2 saturated heterocycles. The molecule has 2 aliphatic heterocycles. The number of carbonyl (C=O) groups excluding carboxylic acids is 1. The maximum absolute atomic E-state index is 11.9. The predicted octanol–water partition coefficient (Wildman–Crippen LogP) is 6.77. The minimum atomic E-state index is -0.386. The second-order valence-electron chi connectivity index (χ2n) is 11.2. The van der Waals surface area contributed by atoms with Crippen molar-refractivity contribution in [2.45, 2.75) is 51.8 Å². The molecule has 3 aromatic carbocycles. The van der Waals surface area contributed by atoms with Gasteiger partial charge in [0, 0.05) is 36.2 Å². The summed E-state index contributed by atoms with van der Waals surface area (Å²) in [5.41, 5.74) is 4.49. The van der Waals surface area contributed by atoms with Gasteiger partial charge in [-0.05, 0) is 75.0 Å². The number of halogens is 2. The van der Waals surface area contributed by atoms with Gasteiger partial charge in [0.15, 0.2) is 0 Å². The number of ether oxygens (including phenoxy) is 3. The number of nitrogens with zero attached hydrogens (tertiary/aromatic N) is 1. The van der Waals surface area contributed by atoms with Crippen molar-refractivity contribution in [3.05, 3.63) is 75.3 Å². The highest BCUT2D eigenvalue weighted by Crippen LogP contribution is 2.38. The first-order valence-electron chi connectivity index (χ1n) is 14.5. The molecule has 7 nitrogen and oxygen atoms in total. The largest absolute Gasteiger partial charge is 0.507 e. The van der Waals surface area contributed by atoms with E-state index in [1.807, 2.05) is 43.3 Å². The van der Waals surface area contributed by atoms with Crippen LogP contribution in [0.15, 0.2) is 48.5 Å². The molecule has 0 saturated carbocycles. The van der Waals surface area contributed by atoms with Crippen LogP contribution in [0, 0.1) is 12.8 Å². The molecule has 2 heterocycles. The second-order valence-corrected chi connectivity index (χ2v) is 12.0. The van der Waals surface area contributed by atoms with Crippen molar-refractivity contribution in [1.82, 2.24) is 10.2 Å². The molecule has 2 atom stereocenters. The van der Waals surface area contributed by atoms with Gasteiger partial charge in [-0.1, -0.05) is 53.5 Å². The van der Waals surface area contributed by atoms with Gasteiger partial charge in [0.2, 0.25) is 0 Å². The van der Waals surface area contributed by atoms with E-state index in [4.69, 9.17) is 37.4 Å². The van der Waals surface area contributed by atoms with Gasteiger partial charge in [0.1, 0.15) is 29.9 Å². The van der Waals surface area contributed by atoms with E-state index in [1.165, 1.54) is 18.9 Å². The van der Waals surface area contributed by atoms with Crippen LogP contribution in [0.1, 0.15) is 42.4 Å². The normalized spacial score (nSPS) is 19.4. The average Bonchev–Trinajstić information content (AvgIpc) is 2.98. The van der Waals surface area contributed by atoms with Crippen molar-refractivity contribution in [2.24, 2.45) is 5.92 Å². The Labute approximate surface area is 257 Å². The fraction of sp³-hybridized carbons (Fsp3) is 0.424. The number of phenols is 1. The van der Waals surface area contributed by atoms with Crippen LogP contribution in [-0.4, -0.2) is 55.4 Å². The smallest absolute Gasteiger partial charge is 0.323 e. The number of carbonyl (C=O) groups is 1. The van der Waals surface area contributed by atoms with Crippen molar-refractivity contribution in [3.8, 4) is 28.4 Å². The predicted molar refractivity (Wildman–Crippen MR) is 166 cm³/mol. The number of nitrogens with one attached hydrogen (secondary N) is 1. The third kappa shape index (κ3) is 7.32. The molecular weight excluding hydrogens is 575 g/mol. The Morgan fingerprint density at radius 3 is 2.64 bits per heavy atom. The third-order valence-electron chi connectivity index (χ3n) is 8.12. The summed E-state index contributed by atoms with van der Waals surface area (Å²) in [5, 5.41) is 14.7. The molecule has 42 heavy (non-hydrogen) atoms. The molecule has 2 aliphatic rings. The van der Waals surface area contributed by atoms with Crippen LogP contribution >= 0.6 is 23.2 Å². The van der Waals surface area contributed by atoms with Gasteiger partial charge in [0.05, 0.1) is 23.3 Å². The number of hydrogen-bond donors (Lipinski definition) is 2. The summed E-state index contributed by atoms with van der Waals surface area (Å²) in [5.74, 6) is 1.35. The van der Waals surface area contributed by atoms with Gasteiger partial charge in [-0.3, -0.25) is 4.79 Å². The van der Waals surface area contributed by atoms with Crippen LogP contribution in [-0.2, 0) is 22.7 Å². The van der Waals surface area contributed by atoms with Crippen molar-refractivity contribution < 1.29 is 24.1 Å². The van der Waals surface area contributed by atoms with Crippen LogP contribution in [0.5, 0.6) is 17.2 Å². The van der Waals surface area contributed by atoms with Gasteiger partial charge in [-0.15, -0.1) is 0 Å². The number of rotatable bonds is 10. The van der Waals surface area contributed by atoms with Gasteiger partial charge < -0.3 is 29.5 Å². The fourth-order valence-corrected chi connectivity index (χ4v) is 6.19. The van der Waals surface area contributed by atoms with E-state index >= 15 is 0 Å². The van der Waals surface area contributed by atoms with E-state index in [0.29, 0.717) is 52.7 Å². The summed E-state index contributed by atoms with van der Waals surface area (Å²) in [4.78, 5) is 14.3. The van der Waals surface area contributed by atoms with E-state index in [2.05, 4.69) is 17.3 Å². The molecule has 9 heteroatoms. The van der Waals surface area contributed by atoms with Crippen molar-refractivity contribution in [1.29, 1.82) is 0 Å². The summed E-state index contributed by atoms with van der Waals surface area (Å²) < 4.78 is 17.4. The molecule has 0 aromatic heterocycles. The highest BCUT2D eigenvalue weighted by molar-refractivity contribution is 6.35. The minimum absolute atomic E-state index is 0.0417. The summed E-state index contributed by atoms with van der Waals surface area (Å²) in [7, 11) is 2.15. The molecule has 3 aromatic rings. The van der Waals surface area contributed by atoms with Crippen molar-refractivity contribution in [2.75, 3.05) is 33.4 Å². The van der Waals surface area contributed by atoms with E-state index < -0.39 is 0 Å². The summed E-state index contributed by atoms with van der Waals surface area (Å²) >= 11 is 13.4. The van der Waals surface area contributed by atoms with Gasteiger partial charge in [-0.25, -0.2) is 0 Å². The van der Waals surface area contributed by atoms with E-state index in [1.54, 1.807) is 6.07 Å². The monoisotopic (exact) mass is 612 g/mol. The molecule has 2 unspecified atom stereocenters. The Kier molecular flexibility index (Phi) is 10.2. The zero-order valence-electron chi connectivity index (χ0n) is 24.1.